The zero-order valence-corrected chi connectivity index (χ0v) is 17.0. The quantitative estimate of drug-likeness (QED) is 0.410. The molecule has 25 heavy (non-hydrogen) atoms. The van der Waals surface area contributed by atoms with Crippen molar-refractivity contribution >= 4 is 52.3 Å². The summed E-state index contributed by atoms with van der Waals surface area (Å²) in [5, 5.41) is 0. The van der Waals surface area contributed by atoms with E-state index in [9.17, 15) is 0 Å². The molecule has 4 heteroatoms. The molecule has 0 heterocycles. The van der Waals surface area contributed by atoms with Crippen LogP contribution >= 0.6 is 35.3 Å². The van der Waals surface area contributed by atoms with Crippen LogP contribution in [0.5, 0.6) is 0 Å². The Balaban J connectivity index is 2.04. The summed E-state index contributed by atoms with van der Waals surface area (Å²) in [6, 6.07) is 26.2. The molecule has 0 saturated carbocycles. The van der Waals surface area contributed by atoms with Crippen molar-refractivity contribution in [2.75, 3.05) is 23.7 Å². The molecule has 0 spiro atoms. The van der Waals surface area contributed by atoms with Gasteiger partial charge >= 0.3 is 0 Å². The van der Waals surface area contributed by atoms with Crippen molar-refractivity contribution in [3.05, 3.63) is 72.8 Å². The van der Waals surface area contributed by atoms with Gasteiger partial charge in [0.05, 0.1) is 0 Å². The fourth-order valence-electron chi connectivity index (χ4n) is 2.64. The number of nitrogens with zero attached hydrogens (tertiary/aromatic N) is 1. The van der Waals surface area contributed by atoms with Crippen LogP contribution in [0.3, 0.4) is 0 Å². The van der Waals surface area contributed by atoms with Gasteiger partial charge in [-0.1, -0.05) is 0 Å². The summed E-state index contributed by atoms with van der Waals surface area (Å²) < 4.78 is 0. The summed E-state index contributed by atoms with van der Waals surface area (Å²) in [5.74, 6) is 0. The molecule has 0 saturated heterocycles. The van der Waals surface area contributed by atoms with Crippen molar-refractivity contribution in [1.82, 2.24) is 0 Å². The van der Waals surface area contributed by atoms with Gasteiger partial charge in [0.1, 0.15) is 0 Å². The lowest BCUT2D eigenvalue weighted by molar-refractivity contribution is 1.25. The van der Waals surface area contributed by atoms with Crippen molar-refractivity contribution in [2.45, 2.75) is 14.7 Å². The maximum absolute atomic E-state index is 2.30. The maximum Gasteiger partial charge on any atom is 0.0462 e. The van der Waals surface area contributed by atoms with Crippen molar-refractivity contribution in [2.24, 2.45) is 0 Å². The molecule has 0 amide bonds. The first kappa shape index (κ1) is 18.3. The summed E-state index contributed by atoms with van der Waals surface area (Å²) in [7, 11) is 0. The molecule has 3 aromatic rings. The van der Waals surface area contributed by atoms with E-state index >= 15 is 0 Å². The number of rotatable bonds is 6. The van der Waals surface area contributed by atoms with Crippen molar-refractivity contribution in [1.29, 1.82) is 0 Å². The molecule has 0 radical (unpaired) electrons. The average molecular weight is 384 g/mol. The largest absolute Gasteiger partial charge is 0.311 e. The average Bonchev–Trinajstić information content (AvgIpc) is 2.70. The van der Waals surface area contributed by atoms with Crippen molar-refractivity contribution < 1.29 is 0 Å². The van der Waals surface area contributed by atoms with Crippen LogP contribution in [-0.2, 0) is 0 Å². The van der Waals surface area contributed by atoms with Gasteiger partial charge in [-0.3, -0.25) is 0 Å². The Morgan fingerprint density at radius 2 is 0.680 bits per heavy atom. The number of hydrogen-bond acceptors (Lipinski definition) is 4. The van der Waals surface area contributed by atoms with Crippen LogP contribution in [-0.4, -0.2) is 18.8 Å². The molecule has 1 nitrogen and oxygen atoms in total. The molecular formula is C21H21NS3. The van der Waals surface area contributed by atoms with E-state index in [1.165, 1.54) is 31.7 Å². The van der Waals surface area contributed by atoms with Gasteiger partial charge in [0.2, 0.25) is 0 Å². The van der Waals surface area contributed by atoms with Crippen LogP contribution in [0.2, 0.25) is 0 Å². The Morgan fingerprint density at radius 1 is 0.440 bits per heavy atom. The first-order valence-electron chi connectivity index (χ1n) is 7.97. The van der Waals surface area contributed by atoms with Gasteiger partial charge in [0, 0.05) is 31.7 Å². The summed E-state index contributed by atoms with van der Waals surface area (Å²) >= 11 is 5.30. The van der Waals surface area contributed by atoms with Crippen LogP contribution in [0.15, 0.2) is 87.5 Å². The third-order valence-electron chi connectivity index (χ3n) is 3.99. The second kappa shape index (κ2) is 8.75. The standard InChI is InChI=1S/C21H21NS3/c1-23-19-10-4-16(5-11-19)22(17-6-12-20(24-2)13-7-17)18-8-14-21(25-3)15-9-18/h4-15H,1-3H3. The zero-order valence-electron chi connectivity index (χ0n) is 14.6. The highest BCUT2D eigenvalue weighted by atomic mass is 32.2. The SMILES string of the molecule is CSc1ccc(N(c2ccc(SC)cc2)c2ccc(SC)cc2)cc1. The lowest BCUT2D eigenvalue weighted by atomic mass is 10.2. The van der Waals surface area contributed by atoms with E-state index < -0.39 is 0 Å². The molecule has 3 rings (SSSR count). The molecule has 0 N–H and O–H groups in total. The first-order valence-corrected chi connectivity index (χ1v) is 11.6. The highest BCUT2D eigenvalue weighted by molar-refractivity contribution is 7.99. The Labute approximate surface area is 163 Å². The van der Waals surface area contributed by atoms with E-state index in [2.05, 4.69) is 96.5 Å². The normalized spacial score (nSPS) is 10.7. The predicted molar refractivity (Wildman–Crippen MR) is 116 cm³/mol. The smallest absolute Gasteiger partial charge is 0.0462 e. The molecule has 3 aromatic carbocycles. The maximum atomic E-state index is 2.30. The molecule has 0 aliphatic heterocycles. The van der Waals surface area contributed by atoms with Gasteiger partial charge in [-0.25, -0.2) is 0 Å². The molecule has 0 aliphatic carbocycles. The van der Waals surface area contributed by atoms with E-state index in [0.717, 1.165) is 0 Å². The number of hydrogen-bond donors (Lipinski definition) is 0. The minimum Gasteiger partial charge on any atom is -0.311 e. The highest BCUT2D eigenvalue weighted by Crippen LogP contribution is 2.36. The topological polar surface area (TPSA) is 3.24 Å². The first-order chi connectivity index (χ1) is 12.2. The van der Waals surface area contributed by atoms with E-state index in [1.54, 1.807) is 35.3 Å². The molecule has 0 fully saturated rings. The molecular weight excluding hydrogens is 362 g/mol. The van der Waals surface area contributed by atoms with Gasteiger partial charge in [-0.05, 0) is 91.6 Å². The predicted octanol–water partition coefficient (Wildman–Crippen LogP) is 7.32. The Hall–Kier alpha value is -1.49. The van der Waals surface area contributed by atoms with Crippen LogP contribution in [0.25, 0.3) is 0 Å². The fourth-order valence-corrected chi connectivity index (χ4v) is 3.87. The molecule has 0 bridgehead atoms. The second-order valence-corrected chi connectivity index (χ2v) is 8.07. The Kier molecular flexibility index (Phi) is 6.40. The van der Waals surface area contributed by atoms with E-state index in [-0.39, 0.29) is 0 Å². The fraction of sp³-hybridized carbons (Fsp3) is 0.143. The Bertz CT molecular complexity index is 683. The highest BCUT2D eigenvalue weighted by Gasteiger charge is 2.12. The van der Waals surface area contributed by atoms with Crippen molar-refractivity contribution in [3.8, 4) is 0 Å². The Morgan fingerprint density at radius 3 is 0.880 bits per heavy atom. The zero-order chi connectivity index (χ0) is 17.6. The minimum absolute atomic E-state index is 1.17. The van der Waals surface area contributed by atoms with E-state index in [0.29, 0.717) is 0 Å². The third-order valence-corrected chi connectivity index (χ3v) is 6.22. The third kappa shape index (κ3) is 4.38. The van der Waals surface area contributed by atoms with Gasteiger partial charge in [-0.15, -0.1) is 35.3 Å². The van der Waals surface area contributed by atoms with Gasteiger partial charge < -0.3 is 4.90 Å². The molecule has 0 unspecified atom stereocenters. The summed E-state index contributed by atoms with van der Waals surface area (Å²) in [6.07, 6.45) is 6.32. The van der Waals surface area contributed by atoms with Crippen LogP contribution in [0, 0.1) is 0 Å². The monoisotopic (exact) mass is 383 g/mol. The van der Waals surface area contributed by atoms with Gasteiger partial charge in [0.25, 0.3) is 0 Å². The van der Waals surface area contributed by atoms with Gasteiger partial charge in [0.15, 0.2) is 0 Å². The van der Waals surface area contributed by atoms with Crippen LogP contribution in [0.1, 0.15) is 0 Å². The van der Waals surface area contributed by atoms with E-state index in [4.69, 9.17) is 0 Å². The molecule has 128 valence electrons. The second-order valence-electron chi connectivity index (χ2n) is 5.43. The minimum atomic E-state index is 1.17. The summed E-state index contributed by atoms with van der Waals surface area (Å²) in [5.41, 5.74) is 3.52. The van der Waals surface area contributed by atoms with Gasteiger partial charge in [-0.2, -0.15) is 0 Å². The van der Waals surface area contributed by atoms with E-state index in [1.807, 2.05) is 0 Å². The summed E-state index contributed by atoms with van der Waals surface area (Å²) in [6.45, 7) is 0. The number of anilines is 3. The molecule has 0 aromatic heterocycles. The molecule has 0 atom stereocenters. The number of thioether (sulfide) groups is 3. The lowest BCUT2D eigenvalue weighted by Gasteiger charge is -2.26. The summed E-state index contributed by atoms with van der Waals surface area (Å²) in [4.78, 5) is 6.13. The lowest BCUT2D eigenvalue weighted by Crippen LogP contribution is -2.09. The van der Waals surface area contributed by atoms with Crippen LogP contribution in [0.4, 0.5) is 17.1 Å². The number of benzene rings is 3. The van der Waals surface area contributed by atoms with Crippen LogP contribution < -0.4 is 4.90 Å². The van der Waals surface area contributed by atoms with Crippen molar-refractivity contribution in [3.63, 3.8) is 0 Å². The molecule has 0 aliphatic rings.